The van der Waals surface area contributed by atoms with Crippen molar-refractivity contribution >= 4 is 129 Å². The fourth-order valence-electron chi connectivity index (χ4n) is 17.0. The third kappa shape index (κ3) is 12.4. The molecule has 0 saturated carbocycles. The number of aromatic nitrogens is 9. The van der Waals surface area contributed by atoms with E-state index < -0.39 is 0 Å². The molecule has 12 heteroatoms. The average molecular weight is 1570 g/mol. The number of pyridine rings is 2. The molecule has 10 nitrogen and oxygen atoms in total. The van der Waals surface area contributed by atoms with Crippen LogP contribution in [-0.4, -0.2) is 44.4 Å². The van der Waals surface area contributed by atoms with Crippen molar-refractivity contribution in [3.8, 4) is 130 Å². The highest BCUT2D eigenvalue weighted by Crippen LogP contribution is 2.47. The molecule has 24 rings (SSSR count). The first kappa shape index (κ1) is 69.9. The Morgan fingerprint density at radius 1 is 0.217 bits per heavy atom. The second-order valence-electron chi connectivity index (χ2n) is 30.0. The molecule has 0 aliphatic rings. The van der Waals surface area contributed by atoms with Crippen LogP contribution in [0.3, 0.4) is 0 Å². The van der Waals surface area contributed by atoms with Gasteiger partial charge in [-0.1, -0.05) is 309 Å². The summed E-state index contributed by atoms with van der Waals surface area (Å²) < 4.78 is 13.6. The van der Waals surface area contributed by atoms with Crippen LogP contribution < -0.4 is 0 Å². The third-order valence-electron chi connectivity index (χ3n) is 22.8. The molecule has 0 N–H and O–H groups in total. The number of furan rings is 1. The van der Waals surface area contributed by atoms with Gasteiger partial charge in [-0.05, 0) is 113 Å². The van der Waals surface area contributed by atoms with E-state index in [-0.39, 0.29) is 0 Å². The Morgan fingerprint density at radius 2 is 0.558 bits per heavy atom. The van der Waals surface area contributed by atoms with Gasteiger partial charge in [0.25, 0.3) is 0 Å². The van der Waals surface area contributed by atoms with E-state index in [9.17, 15) is 0 Å². The molecule has 0 saturated heterocycles. The summed E-state index contributed by atoms with van der Waals surface area (Å²) in [6.45, 7) is 0. The van der Waals surface area contributed by atoms with Gasteiger partial charge in [-0.15, -0.1) is 22.7 Å². The summed E-state index contributed by atoms with van der Waals surface area (Å²) in [6.07, 6.45) is 0. The van der Waals surface area contributed by atoms with Crippen molar-refractivity contribution in [3.63, 3.8) is 0 Å². The van der Waals surface area contributed by atoms with Crippen LogP contribution in [0.2, 0.25) is 0 Å². The summed E-state index contributed by atoms with van der Waals surface area (Å²) in [6, 6.07) is 138. The lowest BCUT2D eigenvalue weighted by molar-refractivity contribution is 0.670. The maximum absolute atomic E-state index is 6.36. The van der Waals surface area contributed by atoms with Crippen LogP contribution in [0.4, 0.5) is 0 Å². The normalized spacial score (nSPS) is 11.7. The molecule has 0 fully saturated rings. The molecule has 8 aromatic heterocycles. The molecule has 0 aliphatic heterocycles. The fraction of sp³-hybridized carbons (Fsp3) is 0. The SMILES string of the molecule is c1ccc(-c2nc(-c3ccc(-c4ccc5nc(-c6ccccc6)c6sc7ccccc7c6c5c4)cc3)nc(-c3ccc(-n4c5ccccc5c5ccccc54)cc3)n2)cc1.c1ccc(-c2nc(-c3ccc(-c4cccc5c4oc4ccccc45)cc3)nc(-c3cccc(-c4ccc5nc(-c6ccccc6)c6sc7ccccc7c6c5c4)c3)n2)cc1. The number of fused-ring (bicyclic) bond motifs is 16. The van der Waals surface area contributed by atoms with Gasteiger partial charge in [0.2, 0.25) is 0 Å². The smallest absolute Gasteiger partial charge is 0.164 e. The topological polar surface area (TPSA) is 121 Å². The molecular formula is C108H65N9OS2. The Balaban J connectivity index is 0.000000140. The van der Waals surface area contributed by atoms with Crippen LogP contribution in [0.15, 0.2) is 399 Å². The van der Waals surface area contributed by atoms with E-state index in [1.165, 1.54) is 62.2 Å². The number of hydrogen-bond acceptors (Lipinski definition) is 11. The Morgan fingerprint density at radius 3 is 1.06 bits per heavy atom. The van der Waals surface area contributed by atoms with Gasteiger partial charge >= 0.3 is 0 Å². The van der Waals surface area contributed by atoms with E-state index in [4.69, 9.17) is 44.3 Å². The van der Waals surface area contributed by atoms with Gasteiger partial charge in [-0.2, -0.15) is 0 Å². The first-order valence-electron chi connectivity index (χ1n) is 40.0. The number of hydrogen-bond donors (Lipinski definition) is 0. The molecule has 560 valence electrons. The molecule has 0 unspecified atom stereocenters. The van der Waals surface area contributed by atoms with Crippen LogP contribution in [0.25, 0.3) is 236 Å². The Hall–Kier alpha value is -15.6. The number of para-hydroxylation sites is 4. The highest BCUT2D eigenvalue weighted by Gasteiger charge is 2.23. The average Bonchev–Trinajstić information content (AvgIpc) is 1.59. The molecule has 0 atom stereocenters. The van der Waals surface area contributed by atoms with Gasteiger partial charge in [0.15, 0.2) is 34.9 Å². The molecule has 120 heavy (non-hydrogen) atoms. The molecule has 24 aromatic rings. The predicted octanol–water partition coefficient (Wildman–Crippen LogP) is 28.9. The minimum Gasteiger partial charge on any atom is -0.455 e. The highest BCUT2D eigenvalue weighted by molar-refractivity contribution is 7.27. The molecule has 0 amide bonds. The lowest BCUT2D eigenvalue weighted by atomic mass is 9.98. The first-order chi connectivity index (χ1) is 59.4. The van der Waals surface area contributed by atoms with Gasteiger partial charge in [0, 0.05) is 119 Å². The quantitative estimate of drug-likeness (QED) is 0.118. The van der Waals surface area contributed by atoms with Crippen LogP contribution in [0.1, 0.15) is 0 Å². The van der Waals surface area contributed by atoms with E-state index in [1.807, 2.05) is 102 Å². The summed E-state index contributed by atoms with van der Waals surface area (Å²) in [5, 5.41) is 12.0. The molecule has 0 radical (unpaired) electrons. The molecule has 0 spiro atoms. The van der Waals surface area contributed by atoms with Crippen molar-refractivity contribution in [3.05, 3.63) is 394 Å². The first-order valence-corrected chi connectivity index (χ1v) is 41.6. The van der Waals surface area contributed by atoms with Crippen LogP contribution >= 0.6 is 22.7 Å². The number of rotatable bonds is 12. The van der Waals surface area contributed by atoms with Crippen LogP contribution in [0.5, 0.6) is 0 Å². The summed E-state index contributed by atoms with van der Waals surface area (Å²) in [5.41, 5.74) is 23.5. The van der Waals surface area contributed by atoms with Gasteiger partial charge in [-0.3, -0.25) is 0 Å². The lowest BCUT2D eigenvalue weighted by Gasteiger charge is -2.11. The predicted molar refractivity (Wildman–Crippen MR) is 497 cm³/mol. The summed E-state index contributed by atoms with van der Waals surface area (Å²) in [4.78, 5) is 40.9. The van der Waals surface area contributed by atoms with Gasteiger partial charge in [0.1, 0.15) is 11.2 Å². The molecule has 8 heterocycles. The van der Waals surface area contributed by atoms with E-state index in [1.54, 1.807) is 0 Å². The van der Waals surface area contributed by atoms with E-state index >= 15 is 0 Å². The molecular weight excluding hydrogens is 1500 g/mol. The number of benzene rings is 16. The third-order valence-corrected chi connectivity index (χ3v) is 25.2. The Labute approximate surface area is 696 Å². The van der Waals surface area contributed by atoms with Gasteiger partial charge in [-0.25, -0.2) is 39.9 Å². The molecule has 0 bridgehead atoms. The minimum absolute atomic E-state index is 0.607. The van der Waals surface area contributed by atoms with Gasteiger partial charge < -0.3 is 8.98 Å². The Bertz CT molecular complexity index is 8080. The largest absolute Gasteiger partial charge is 0.455 e. The second-order valence-corrected chi connectivity index (χ2v) is 32.1. The second kappa shape index (κ2) is 29.3. The van der Waals surface area contributed by atoms with Crippen LogP contribution in [-0.2, 0) is 0 Å². The maximum Gasteiger partial charge on any atom is 0.164 e. The zero-order valence-electron chi connectivity index (χ0n) is 64.3. The van der Waals surface area contributed by atoms with E-state index in [0.717, 1.165) is 139 Å². The van der Waals surface area contributed by atoms with E-state index in [0.29, 0.717) is 34.9 Å². The Kier molecular flexibility index (Phi) is 17.1. The van der Waals surface area contributed by atoms with Crippen molar-refractivity contribution in [2.45, 2.75) is 0 Å². The zero-order chi connectivity index (χ0) is 79.1. The summed E-state index contributed by atoms with van der Waals surface area (Å²) in [5.74, 6) is 3.72. The fourth-order valence-corrected chi connectivity index (χ4v) is 19.5. The number of thiophene rings is 2. The summed E-state index contributed by atoms with van der Waals surface area (Å²) in [7, 11) is 0. The van der Waals surface area contributed by atoms with Crippen molar-refractivity contribution in [2.24, 2.45) is 0 Å². The molecule has 0 aliphatic carbocycles. The van der Waals surface area contributed by atoms with Crippen LogP contribution in [0, 0.1) is 0 Å². The lowest BCUT2D eigenvalue weighted by Crippen LogP contribution is -2.00. The van der Waals surface area contributed by atoms with E-state index in [2.05, 4.69) is 320 Å². The minimum atomic E-state index is 0.607. The maximum atomic E-state index is 6.36. The summed E-state index contributed by atoms with van der Waals surface area (Å²) >= 11 is 3.63. The molecule has 16 aromatic carbocycles. The zero-order valence-corrected chi connectivity index (χ0v) is 65.9. The number of nitrogens with zero attached hydrogens (tertiary/aromatic N) is 9. The van der Waals surface area contributed by atoms with Crippen molar-refractivity contribution in [1.82, 2.24) is 44.4 Å². The van der Waals surface area contributed by atoms with Crippen molar-refractivity contribution in [2.75, 3.05) is 0 Å². The monoisotopic (exact) mass is 1570 g/mol. The van der Waals surface area contributed by atoms with Crippen molar-refractivity contribution < 1.29 is 4.42 Å². The standard InChI is InChI=1S/C54H33N5S.C54H32N4OS/c1-3-13-35(14-4-1)50-51-49(43-19-9-12-22-48(43)60-51)44-33-39(29-32-45(44)55-50)34-23-25-37(26-24-34)53-56-52(36-15-5-2-6-16-36)57-54(58-53)38-27-30-40(31-28-38)59-46-20-10-7-17-41(46)42-18-8-11-21-47(42)59;1-3-13-34(14-4-1)49-51-48(43-20-8-10-24-47(43)60-51)44-32-38(29-30-45(44)55-49)37-17-11-18-39(31-37)54-57-52(35-15-5-2-6-16-35)56-53(58-54)36-27-25-33(26-28-36)40-21-12-22-42-41-19-7-9-23-46(41)59-50(40)42/h1-33H;1-32H. The van der Waals surface area contributed by atoms with Gasteiger partial charge in [0.05, 0.1) is 42.9 Å². The van der Waals surface area contributed by atoms with Crippen molar-refractivity contribution in [1.29, 1.82) is 0 Å². The highest BCUT2D eigenvalue weighted by atomic mass is 32.1.